The number of carbonyl (C=O) groups excluding carboxylic acids is 2. The van der Waals surface area contributed by atoms with Gasteiger partial charge in [0.25, 0.3) is 0 Å². The zero-order chi connectivity index (χ0) is 15.8. The fourth-order valence-corrected chi connectivity index (χ4v) is 1.61. The van der Waals surface area contributed by atoms with Crippen LogP contribution < -0.4 is 16.0 Å². The molecule has 0 unspecified atom stereocenters. The van der Waals surface area contributed by atoms with Gasteiger partial charge in [-0.05, 0) is 17.7 Å². The van der Waals surface area contributed by atoms with Gasteiger partial charge in [-0.1, -0.05) is 39.8 Å². The molecule has 0 saturated carbocycles. The number of hydrogen-bond donors (Lipinski definition) is 3. The van der Waals surface area contributed by atoms with Crippen LogP contribution >= 0.6 is 0 Å². The highest BCUT2D eigenvalue weighted by Gasteiger charge is 2.07. The first-order chi connectivity index (χ1) is 9.88. The van der Waals surface area contributed by atoms with Crippen LogP contribution in [0.15, 0.2) is 24.3 Å². The molecule has 116 valence electrons. The number of hydrogen-bond acceptors (Lipinski definition) is 3. The Hall–Kier alpha value is -1.88. The molecular formula is C16H25N3O2. The van der Waals surface area contributed by atoms with Crippen molar-refractivity contribution in [3.63, 3.8) is 0 Å². The Morgan fingerprint density at radius 2 is 1.86 bits per heavy atom. The Kier molecular flexibility index (Phi) is 6.88. The summed E-state index contributed by atoms with van der Waals surface area (Å²) >= 11 is 0. The van der Waals surface area contributed by atoms with Gasteiger partial charge in [0, 0.05) is 24.2 Å². The van der Waals surface area contributed by atoms with E-state index in [1.807, 2.05) is 52.0 Å². The maximum atomic E-state index is 11.6. The molecule has 0 fully saturated rings. The second kappa shape index (κ2) is 8.42. The number of amides is 2. The van der Waals surface area contributed by atoms with E-state index in [-0.39, 0.29) is 23.8 Å². The molecule has 0 heterocycles. The van der Waals surface area contributed by atoms with Crippen LogP contribution in [0.5, 0.6) is 0 Å². The van der Waals surface area contributed by atoms with Gasteiger partial charge in [-0.15, -0.1) is 0 Å². The van der Waals surface area contributed by atoms with Gasteiger partial charge in [-0.3, -0.25) is 9.59 Å². The molecule has 1 aromatic carbocycles. The predicted molar refractivity (Wildman–Crippen MR) is 84.9 cm³/mol. The smallest absolute Gasteiger partial charge is 0.234 e. The van der Waals surface area contributed by atoms with E-state index < -0.39 is 0 Å². The van der Waals surface area contributed by atoms with Gasteiger partial charge in [-0.25, -0.2) is 0 Å². The van der Waals surface area contributed by atoms with Crippen LogP contribution in [0.3, 0.4) is 0 Å². The normalized spacial score (nSPS) is 10.8. The Bertz CT molecular complexity index is 484. The number of anilines is 1. The van der Waals surface area contributed by atoms with Crippen molar-refractivity contribution in [2.75, 3.05) is 11.9 Å². The second-order valence-electron chi connectivity index (χ2n) is 5.66. The third-order valence-corrected chi connectivity index (χ3v) is 2.88. The van der Waals surface area contributed by atoms with E-state index in [4.69, 9.17) is 0 Å². The van der Waals surface area contributed by atoms with Crippen LogP contribution in [0.1, 0.15) is 33.3 Å². The second-order valence-corrected chi connectivity index (χ2v) is 5.66. The summed E-state index contributed by atoms with van der Waals surface area (Å²) in [4.78, 5) is 23.3. The summed E-state index contributed by atoms with van der Waals surface area (Å²) < 4.78 is 0. The molecule has 0 radical (unpaired) electrons. The van der Waals surface area contributed by atoms with Crippen LogP contribution in [0, 0.1) is 5.92 Å². The predicted octanol–water partition coefficient (Wildman–Crippen LogP) is 1.90. The molecule has 3 N–H and O–H groups in total. The van der Waals surface area contributed by atoms with Crippen molar-refractivity contribution in [1.29, 1.82) is 0 Å². The van der Waals surface area contributed by atoms with Crippen molar-refractivity contribution >= 4 is 17.5 Å². The van der Waals surface area contributed by atoms with E-state index in [0.29, 0.717) is 13.1 Å². The third-order valence-electron chi connectivity index (χ3n) is 2.88. The molecule has 5 nitrogen and oxygen atoms in total. The maximum Gasteiger partial charge on any atom is 0.234 e. The molecule has 5 heteroatoms. The van der Waals surface area contributed by atoms with Crippen LogP contribution in [0.4, 0.5) is 5.69 Å². The quantitative estimate of drug-likeness (QED) is 0.718. The maximum absolute atomic E-state index is 11.6. The first-order valence-electron chi connectivity index (χ1n) is 7.28. The Balaban J connectivity index is 2.49. The average molecular weight is 291 g/mol. The molecule has 1 rings (SSSR count). The molecule has 0 aliphatic heterocycles. The first kappa shape index (κ1) is 17.2. The van der Waals surface area contributed by atoms with Crippen molar-refractivity contribution in [3.05, 3.63) is 29.8 Å². The lowest BCUT2D eigenvalue weighted by atomic mass is 10.1. The highest BCUT2D eigenvalue weighted by molar-refractivity contribution is 5.92. The fraction of sp³-hybridized carbons (Fsp3) is 0.500. The number of nitrogens with one attached hydrogen (secondary N) is 3. The molecule has 0 aromatic heterocycles. The van der Waals surface area contributed by atoms with Gasteiger partial charge >= 0.3 is 0 Å². The van der Waals surface area contributed by atoms with Crippen LogP contribution in [0.25, 0.3) is 0 Å². The summed E-state index contributed by atoms with van der Waals surface area (Å²) in [7, 11) is 0. The molecule has 0 saturated heterocycles. The van der Waals surface area contributed by atoms with Gasteiger partial charge < -0.3 is 16.0 Å². The van der Waals surface area contributed by atoms with Crippen LogP contribution in [0.2, 0.25) is 0 Å². The molecule has 0 aliphatic rings. The number of carbonyl (C=O) groups is 2. The van der Waals surface area contributed by atoms with E-state index in [0.717, 1.165) is 11.3 Å². The van der Waals surface area contributed by atoms with Crippen LogP contribution in [-0.4, -0.2) is 24.4 Å². The topological polar surface area (TPSA) is 70.2 Å². The van der Waals surface area contributed by atoms with Crippen LogP contribution in [-0.2, 0) is 16.1 Å². The van der Waals surface area contributed by atoms with Crippen molar-refractivity contribution in [2.24, 2.45) is 5.92 Å². The van der Waals surface area contributed by atoms with E-state index >= 15 is 0 Å². The fourth-order valence-electron chi connectivity index (χ4n) is 1.61. The summed E-state index contributed by atoms with van der Waals surface area (Å²) in [6.45, 7) is 8.44. The molecule has 1 aromatic rings. The lowest BCUT2D eigenvalue weighted by Crippen LogP contribution is -2.36. The zero-order valence-electron chi connectivity index (χ0n) is 13.2. The first-order valence-corrected chi connectivity index (χ1v) is 7.28. The molecule has 0 aliphatic carbocycles. The van der Waals surface area contributed by atoms with E-state index in [1.165, 1.54) is 0 Å². The van der Waals surface area contributed by atoms with Crippen molar-refractivity contribution in [1.82, 2.24) is 10.6 Å². The van der Waals surface area contributed by atoms with Crippen molar-refractivity contribution < 1.29 is 9.59 Å². The highest BCUT2D eigenvalue weighted by atomic mass is 16.2. The highest BCUT2D eigenvalue weighted by Crippen LogP contribution is 2.11. The average Bonchev–Trinajstić information content (AvgIpc) is 2.43. The van der Waals surface area contributed by atoms with Gasteiger partial charge in [0.2, 0.25) is 11.8 Å². The summed E-state index contributed by atoms with van der Waals surface area (Å²) in [5, 5.41) is 8.75. The molecule has 0 spiro atoms. The van der Waals surface area contributed by atoms with Gasteiger partial charge in [0.15, 0.2) is 0 Å². The van der Waals surface area contributed by atoms with Gasteiger partial charge in [-0.2, -0.15) is 0 Å². The molecule has 0 atom stereocenters. The monoisotopic (exact) mass is 291 g/mol. The largest absolute Gasteiger partial charge is 0.351 e. The standard InChI is InChI=1S/C16H25N3O2/c1-11(2)16(21)19-14-7-5-6-13(8-14)9-18-15(20)10-17-12(3)4/h5-8,11-12,17H,9-10H2,1-4H3,(H,18,20)(H,19,21). The Morgan fingerprint density at radius 1 is 1.14 bits per heavy atom. The SMILES string of the molecule is CC(C)NCC(=O)NCc1cccc(NC(=O)C(C)C)c1. The molecule has 0 bridgehead atoms. The van der Waals surface area contributed by atoms with Gasteiger partial charge in [0.1, 0.15) is 0 Å². The molecule has 21 heavy (non-hydrogen) atoms. The number of benzene rings is 1. The van der Waals surface area contributed by atoms with E-state index in [2.05, 4.69) is 16.0 Å². The lowest BCUT2D eigenvalue weighted by Gasteiger charge is -2.11. The Morgan fingerprint density at radius 3 is 2.48 bits per heavy atom. The minimum absolute atomic E-state index is 0.0164. The van der Waals surface area contributed by atoms with Gasteiger partial charge in [0.05, 0.1) is 6.54 Å². The van der Waals surface area contributed by atoms with E-state index in [1.54, 1.807) is 0 Å². The minimum Gasteiger partial charge on any atom is -0.351 e. The lowest BCUT2D eigenvalue weighted by molar-refractivity contribution is -0.120. The number of rotatable bonds is 7. The van der Waals surface area contributed by atoms with Crippen molar-refractivity contribution in [2.45, 2.75) is 40.3 Å². The molecular weight excluding hydrogens is 266 g/mol. The minimum atomic E-state index is -0.0598. The third kappa shape index (κ3) is 6.90. The summed E-state index contributed by atoms with van der Waals surface area (Å²) in [6.07, 6.45) is 0. The summed E-state index contributed by atoms with van der Waals surface area (Å²) in [6, 6.07) is 7.78. The molecule has 2 amide bonds. The zero-order valence-corrected chi connectivity index (χ0v) is 13.2. The summed E-state index contributed by atoms with van der Waals surface area (Å²) in [5.41, 5.74) is 1.70. The summed E-state index contributed by atoms with van der Waals surface area (Å²) in [5.74, 6) is -0.117. The van der Waals surface area contributed by atoms with E-state index in [9.17, 15) is 9.59 Å². The Labute approximate surface area is 126 Å². The van der Waals surface area contributed by atoms with Crippen molar-refractivity contribution in [3.8, 4) is 0 Å².